The molecule has 1 aliphatic heterocycles. The van der Waals surface area contributed by atoms with Gasteiger partial charge in [-0.1, -0.05) is 13.0 Å². The Morgan fingerprint density at radius 2 is 2.24 bits per heavy atom. The molecule has 0 saturated heterocycles. The van der Waals surface area contributed by atoms with Crippen molar-refractivity contribution in [2.45, 2.75) is 52.5 Å². The number of rotatable bonds is 3. The minimum Gasteiger partial charge on any atom is -0.366 e. The summed E-state index contributed by atoms with van der Waals surface area (Å²) in [6.07, 6.45) is 2.84. The van der Waals surface area contributed by atoms with Crippen LogP contribution in [0.5, 0.6) is 0 Å². The highest BCUT2D eigenvalue weighted by atomic mass is 16.2. The lowest BCUT2D eigenvalue weighted by Crippen LogP contribution is -2.48. The van der Waals surface area contributed by atoms with Gasteiger partial charge in [-0.05, 0) is 56.4 Å². The number of carbonyl (C=O) groups is 1. The molecule has 1 atom stereocenters. The maximum absolute atomic E-state index is 10.8. The number of nitrogens with zero attached hydrogens (tertiary/aromatic N) is 2. The maximum Gasteiger partial charge on any atom is 0.236 e. The molecule has 0 spiro atoms. The molecule has 1 aromatic rings. The molecule has 0 aliphatic carbocycles. The molecular weight excluding hydrogens is 262 g/mol. The highest BCUT2D eigenvalue weighted by Crippen LogP contribution is 2.43. The average Bonchev–Trinajstić information content (AvgIpc) is 2.38. The van der Waals surface area contributed by atoms with E-state index < -0.39 is 0 Å². The third-order valence-corrected chi connectivity index (χ3v) is 4.16. The van der Waals surface area contributed by atoms with Crippen molar-refractivity contribution >= 4 is 17.8 Å². The first kappa shape index (κ1) is 15.5. The molecule has 1 aliphatic rings. The highest BCUT2D eigenvalue weighted by molar-refractivity contribution is 5.83. The third kappa shape index (κ3) is 3.26. The Labute approximate surface area is 127 Å². The SMILES string of the molecule is CCN1c2ccc(/C=N\NC(C)=O)cc2[C@@H](C)CC1(C)C. The van der Waals surface area contributed by atoms with Crippen molar-refractivity contribution in [3.63, 3.8) is 0 Å². The Balaban J connectivity index is 2.33. The molecule has 1 aromatic carbocycles. The smallest absolute Gasteiger partial charge is 0.236 e. The maximum atomic E-state index is 10.8. The van der Waals surface area contributed by atoms with Gasteiger partial charge in [0.2, 0.25) is 5.91 Å². The van der Waals surface area contributed by atoms with E-state index in [1.54, 1.807) is 6.21 Å². The molecule has 21 heavy (non-hydrogen) atoms. The fourth-order valence-electron chi connectivity index (χ4n) is 3.39. The summed E-state index contributed by atoms with van der Waals surface area (Å²) < 4.78 is 0. The molecule has 4 heteroatoms. The molecule has 1 N–H and O–H groups in total. The number of carbonyl (C=O) groups excluding carboxylic acids is 1. The molecule has 4 nitrogen and oxygen atoms in total. The number of hydrogen-bond donors (Lipinski definition) is 1. The predicted octanol–water partition coefficient (Wildman–Crippen LogP) is 3.27. The van der Waals surface area contributed by atoms with E-state index in [1.807, 2.05) is 0 Å². The molecule has 114 valence electrons. The minimum absolute atomic E-state index is 0.156. The first-order chi connectivity index (χ1) is 9.85. The molecule has 0 unspecified atom stereocenters. The lowest BCUT2D eigenvalue weighted by molar-refractivity contribution is -0.118. The summed E-state index contributed by atoms with van der Waals surface area (Å²) >= 11 is 0. The Morgan fingerprint density at radius 1 is 1.52 bits per heavy atom. The zero-order valence-corrected chi connectivity index (χ0v) is 13.6. The van der Waals surface area contributed by atoms with Crippen LogP contribution < -0.4 is 10.3 Å². The number of hydrazone groups is 1. The summed E-state index contributed by atoms with van der Waals surface area (Å²) in [4.78, 5) is 13.3. The van der Waals surface area contributed by atoms with Crippen LogP contribution in [0.2, 0.25) is 0 Å². The van der Waals surface area contributed by atoms with Crippen molar-refractivity contribution in [3.8, 4) is 0 Å². The van der Waals surface area contributed by atoms with Crippen molar-refractivity contribution in [3.05, 3.63) is 29.3 Å². The Kier molecular flexibility index (Phi) is 4.35. The minimum atomic E-state index is -0.156. The van der Waals surface area contributed by atoms with Gasteiger partial charge in [0.25, 0.3) is 0 Å². The Morgan fingerprint density at radius 3 is 2.86 bits per heavy atom. The number of amides is 1. The van der Waals surface area contributed by atoms with Gasteiger partial charge in [0.1, 0.15) is 0 Å². The van der Waals surface area contributed by atoms with Crippen molar-refractivity contribution in [2.75, 3.05) is 11.4 Å². The van der Waals surface area contributed by atoms with E-state index in [1.165, 1.54) is 18.2 Å². The van der Waals surface area contributed by atoms with Gasteiger partial charge in [0.05, 0.1) is 6.21 Å². The van der Waals surface area contributed by atoms with E-state index in [9.17, 15) is 4.79 Å². The second-order valence-corrected chi connectivity index (χ2v) is 6.41. The summed E-state index contributed by atoms with van der Waals surface area (Å²) in [6.45, 7) is 11.6. The monoisotopic (exact) mass is 287 g/mol. The summed E-state index contributed by atoms with van der Waals surface area (Å²) in [7, 11) is 0. The lowest BCUT2D eigenvalue weighted by atomic mass is 9.79. The van der Waals surface area contributed by atoms with Crippen LogP contribution in [-0.4, -0.2) is 24.2 Å². The van der Waals surface area contributed by atoms with Crippen LogP contribution in [0.4, 0.5) is 5.69 Å². The van der Waals surface area contributed by atoms with Crippen molar-refractivity contribution in [1.82, 2.24) is 5.43 Å². The van der Waals surface area contributed by atoms with Gasteiger partial charge in [0, 0.05) is 24.7 Å². The molecule has 1 amide bonds. The fraction of sp³-hybridized carbons (Fsp3) is 0.529. The standard InChI is InChI=1S/C17H25N3O/c1-6-20-16-8-7-14(11-18-19-13(3)21)9-15(16)12(2)10-17(20,4)5/h7-9,11-12H,6,10H2,1-5H3,(H,19,21)/b18-11-/t12-/m0/s1. The molecule has 2 rings (SSSR count). The van der Waals surface area contributed by atoms with Gasteiger partial charge in [-0.3, -0.25) is 4.79 Å². The number of anilines is 1. The van der Waals surface area contributed by atoms with Crippen LogP contribution in [0.1, 0.15) is 58.1 Å². The van der Waals surface area contributed by atoms with E-state index in [0.717, 1.165) is 18.5 Å². The van der Waals surface area contributed by atoms with Crippen LogP contribution in [0.15, 0.2) is 23.3 Å². The van der Waals surface area contributed by atoms with E-state index in [-0.39, 0.29) is 11.4 Å². The van der Waals surface area contributed by atoms with Crippen LogP contribution >= 0.6 is 0 Å². The van der Waals surface area contributed by atoms with E-state index >= 15 is 0 Å². The summed E-state index contributed by atoms with van der Waals surface area (Å²) in [5, 5.41) is 3.94. The fourth-order valence-corrected chi connectivity index (χ4v) is 3.39. The molecule has 0 radical (unpaired) electrons. The van der Waals surface area contributed by atoms with Crippen molar-refractivity contribution < 1.29 is 4.79 Å². The van der Waals surface area contributed by atoms with Crippen LogP contribution in [0.25, 0.3) is 0 Å². The summed E-state index contributed by atoms with van der Waals surface area (Å²) in [5.41, 5.74) is 6.33. The third-order valence-electron chi connectivity index (χ3n) is 4.16. The lowest BCUT2D eigenvalue weighted by Gasteiger charge is -2.47. The number of fused-ring (bicyclic) bond motifs is 1. The van der Waals surface area contributed by atoms with E-state index in [0.29, 0.717) is 5.92 Å². The second-order valence-electron chi connectivity index (χ2n) is 6.41. The van der Waals surface area contributed by atoms with Crippen LogP contribution in [0, 0.1) is 0 Å². The first-order valence-corrected chi connectivity index (χ1v) is 7.56. The quantitative estimate of drug-likeness (QED) is 0.685. The van der Waals surface area contributed by atoms with E-state index in [4.69, 9.17) is 0 Å². The molecule has 1 heterocycles. The molecular formula is C17H25N3O. The zero-order valence-electron chi connectivity index (χ0n) is 13.6. The summed E-state index contributed by atoms with van der Waals surface area (Å²) in [6, 6.07) is 6.41. The highest BCUT2D eigenvalue weighted by Gasteiger charge is 2.35. The summed E-state index contributed by atoms with van der Waals surface area (Å²) in [5.74, 6) is 0.364. The number of hydrogen-bond acceptors (Lipinski definition) is 3. The molecule has 0 bridgehead atoms. The molecule has 0 aromatic heterocycles. The van der Waals surface area contributed by atoms with Crippen LogP contribution in [0.3, 0.4) is 0 Å². The van der Waals surface area contributed by atoms with Gasteiger partial charge in [0.15, 0.2) is 0 Å². The van der Waals surface area contributed by atoms with E-state index in [2.05, 4.69) is 61.3 Å². The van der Waals surface area contributed by atoms with Gasteiger partial charge in [-0.15, -0.1) is 0 Å². The van der Waals surface area contributed by atoms with Crippen LogP contribution in [-0.2, 0) is 4.79 Å². The number of nitrogens with one attached hydrogen (secondary N) is 1. The van der Waals surface area contributed by atoms with Gasteiger partial charge < -0.3 is 4.90 Å². The second kappa shape index (κ2) is 5.88. The number of benzene rings is 1. The first-order valence-electron chi connectivity index (χ1n) is 7.56. The van der Waals surface area contributed by atoms with Gasteiger partial charge in [-0.25, -0.2) is 5.43 Å². The van der Waals surface area contributed by atoms with Crippen molar-refractivity contribution in [2.24, 2.45) is 5.10 Å². The van der Waals surface area contributed by atoms with Gasteiger partial charge >= 0.3 is 0 Å². The Hall–Kier alpha value is -1.84. The zero-order chi connectivity index (χ0) is 15.6. The predicted molar refractivity (Wildman–Crippen MR) is 88.0 cm³/mol. The van der Waals surface area contributed by atoms with Crippen molar-refractivity contribution in [1.29, 1.82) is 0 Å². The van der Waals surface area contributed by atoms with Gasteiger partial charge in [-0.2, -0.15) is 5.10 Å². The molecule has 0 saturated carbocycles. The average molecular weight is 287 g/mol. The molecule has 0 fully saturated rings. The Bertz CT molecular complexity index is 563. The topological polar surface area (TPSA) is 44.7 Å². The largest absolute Gasteiger partial charge is 0.366 e. The normalized spacial score (nSPS) is 20.4.